The minimum atomic E-state index is -1.39. The molecule has 0 radical (unpaired) electrons. The Bertz CT molecular complexity index is 1930. The van der Waals surface area contributed by atoms with Crippen LogP contribution in [-0.2, 0) is 19.1 Å². The number of nitro benzene ring substituents is 1. The van der Waals surface area contributed by atoms with Gasteiger partial charge in [-0.25, -0.2) is 0 Å². The molecule has 3 fully saturated rings. The fourth-order valence-corrected chi connectivity index (χ4v) is 9.87. The van der Waals surface area contributed by atoms with Crippen LogP contribution in [0.5, 0.6) is 11.5 Å². The van der Waals surface area contributed by atoms with Gasteiger partial charge in [0.25, 0.3) is 5.69 Å². The van der Waals surface area contributed by atoms with Crippen molar-refractivity contribution in [3.05, 3.63) is 94.1 Å². The first-order chi connectivity index (χ1) is 30.3. The standard InChI is InChI=1S/C48H64N4O10/c1-3-22-51(44(55)21-16-34-14-17-36(18-15-34)52(56)57)43-33-41(49-62-45-13-7-10-29-59-45)39-31-35(11-5-8-26-53)38(12-6-9-27-54)46-40-32-37(58-30-25-50-23-24-50)19-20-42(40)61-48(43,47(39)46)60-28-4-2/h4,14-21,31-32,35,38,43,45-47,53-54H,2-3,5-13,22-30,33H2,1H3. The number of oxime groups is 1. The van der Waals surface area contributed by atoms with E-state index in [1.807, 2.05) is 24.0 Å². The number of unbranched alkanes of at least 4 members (excludes halogenated alkanes) is 2. The molecule has 2 N–H and O–H groups in total. The second-order valence-electron chi connectivity index (χ2n) is 17.1. The van der Waals surface area contributed by atoms with Crippen molar-refractivity contribution in [1.82, 2.24) is 9.80 Å². The molecule has 14 heteroatoms. The molecule has 7 atom stereocenters. The number of hydrogen-bond donors (Lipinski definition) is 2. The average molecular weight is 857 g/mol. The number of nitro groups is 1. The maximum atomic E-state index is 14.7. The van der Waals surface area contributed by atoms with Gasteiger partial charge in [0.1, 0.15) is 24.1 Å². The lowest BCUT2D eigenvalue weighted by atomic mass is 9.55. The van der Waals surface area contributed by atoms with Crippen molar-refractivity contribution in [1.29, 1.82) is 0 Å². The van der Waals surface area contributed by atoms with E-state index in [0.717, 1.165) is 81.5 Å². The van der Waals surface area contributed by atoms with E-state index in [1.54, 1.807) is 24.3 Å². The fourth-order valence-electron chi connectivity index (χ4n) is 9.87. The number of nitrogens with zero attached hydrogens (tertiary/aromatic N) is 4. The molecule has 1 amide bonds. The van der Waals surface area contributed by atoms with Crippen LogP contribution in [0.1, 0.15) is 94.6 Å². The summed E-state index contributed by atoms with van der Waals surface area (Å²) >= 11 is 0. The van der Waals surface area contributed by atoms with Gasteiger partial charge in [0.2, 0.25) is 18.0 Å². The third kappa shape index (κ3) is 10.6. The van der Waals surface area contributed by atoms with Crippen molar-refractivity contribution in [2.45, 2.75) is 102 Å². The van der Waals surface area contributed by atoms with Crippen molar-refractivity contribution >= 4 is 23.4 Å². The van der Waals surface area contributed by atoms with Gasteiger partial charge in [0.15, 0.2) is 0 Å². The Morgan fingerprint density at radius 3 is 2.58 bits per heavy atom. The second kappa shape index (κ2) is 21.7. The summed E-state index contributed by atoms with van der Waals surface area (Å²) in [4.78, 5) is 36.0. The quantitative estimate of drug-likeness (QED) is 0.0286. The Morgan fingerprint density at radius 1 is 1.10 bits per heavy atom. The highest BCUT2D eigenvalue weighted by molar-refractivity contribution is 6.03. The number of allylic oxidation sites excluding steroid dienone is 1. The number of benzene rings is 2. The van der Waals surface area contributed by atoms with Crippen molar-refractivity contribution < 1.29 is 43.7 Å². The van der Waals surface area contributed by atoms with Gasteiger partial charge in [-0.15, -0.1) is 6.58 Å². The molecule has 336 valence electrons. The van der Waals surface area contributed by atoms with Crippen LogP contribution in [0, 0.1) is 27.9 Å². The Hall–Kier alpha value is -4.60. The largest absolute Gasteiger partial charge is 0.492 e. The molecule has 3 heterocycles. The van der Waals surface area contributed by atoms with Gasteiger partial charge in [0, 0.05) is 81.9 Å². The number of rotatable bonds is 23. The topological polar surface area (TPSA) is 165 Å². The average Bonchev–Trinajstić information content (AvgIpc) is 4.12. The summed E-state index contributed by atoms with van der Waals surface area (Å²) in [6.45, 7) is 11.0. The summed E-state index contributed by atoms with van der Waals surface area (Å²) in [7, 11) is 0. The molecule has 3 aliphatic heterocycles. The SMILES string of the molecule is C=CCOC12Oc3ccc(OCCN4CC4)cc3C3C(CCCCO)C(CCCCO)C=C(C(=NOC4CCCCO4)CC1N(CCC)C(=O)C=Cc1ccc([N+](=O)[O-])cc1)C32. The van der Waals surface area contributed by atoms with Crippen LogP contribution in [0.2, 0.25) is 0 Å². The van der Waals surface area contributed by atoms with Crippen LogP contribution in [0.25, 0.3) is 6.08 Å². The minimum absolute atomic E-state index is 0.0295. The molecule has 62 heavy (non-hydrogen) atoms. The number of aliphatic hydroxyl groups is 2. The zero-order valence-corrected chi connectivity index (χ0v) is 36.1. The highest BCUT2D eigenvalue weighted by Crippen LogP contribution is 2.62. The lowest BCUT2D eigenvalue weighted by Crippen LogP contribution is -2.70. The molecule has 0 bridgehead atoms. The smallest absolute Gasteiger partial charge is 0.269 e. The van der Waals surface area contributed by atoms with Crippen molar-refractivity contribution in [3.63, 3.8) is 0 Å². The van der Waals surface area contributed by atoms with Gasteiger partial charge in [-0.2, -0.15) is 0 Å². The second-order valence-corrected chi connectivity index (χ2v) is 17.1. The predicted molar refractivity (Wildman–Crippen MR) is 236 cm³/mol. The summed E-state index contributed by atoms with van der Waals surface area (Å²) in [6.07, 6.45) is 15.0. The minimum Gasteiger partial charge on any atom is -0.492 e. The Morgan fingerprint density at radius 2 is 1.89 bits per heavy atom. The van der Waals surface area contributed by atoms with E-state index >= 15 is 0 Å². The van der Waals surface area contributed by atoms with Crippen LogP contribution in [-0.4, -0.2) is 114 Å². The molecular weight excluding hydrogens is 793 g/mol. The number of carbonyl (C=O) groups is 1. The number of hydrogen-bond acceptors (Lipinski definition) is 12. The molecule has 7 rings (SSSR count). The Kier molecular flexibility index (Phi) is 15.9. The van der Waals surface area contributed by atoms with Crippen molar-refractivity contribution in [3.8, 4) is 11.5 Å². The molecule has 14 nitrogen and oxygen atoms in total. The number of ether oxygens (including phenoxy) is 4. The summed E-state index contributed by atoms with van der Waals surface area (Å²) < 4.78 is 26.8. The Balaban J connectivity index is 1.38. The third-order valence-corrected chi connectivity index (χ3v) is 12.9. The normalized spacial score (nSPS) is 27.1. The zero-order chi connectivity index (χ0) is 43.5. The van der Waals surface area contributed by atoms with E-state index in [4.69, 9.17) is 28.9 Å². The zero-order valence-electron chi connectivity index (χ0n) is 36.1. The third-order valence-electron chi connectivity index (χ3n) is 12.9. The van der Waals surface area contributed by atoms with E-state index in [2.05, 4.69) is 23.6 Å². The van der Waals surface area contributed by atoms with Gasteiger partial charge >= 0.3 is 0 Å². The molecule has 2 saturated heterocycles. The van der Waals surface area contributed by atoms with Crippen molar-refractivity contribution in [2.75, 3.05) is 59.2 Å². The number of carbonyl (C=O) groups excluding carboxylic acids is 1. The first kappa shape index (κ1) is 45.4. The van der Waals surface area contributed by atoms with Gasteiger partial charge in [0.05, 0.1) is 29.8 Å². The Labute approximate surface area is 365 Å². The van der Waals surface area contributed by atoms with E-state index in [-0.39, 0.29) is 55.6 Å². The molecule has 1 saturated carbocycles. The summed E-state index contributed by atoms with van der Waals surface area (Å²) in [5, 5.41) is 36.1. The molecule has 7 unspecified atom stereocenters. The molecular formula is C48H64N4O10. The first-order valence-corrected chi connectivity index (χ1v) is 22.7. The molecule has 2 aromatic rings. The van der Waals surface area contributed by atoms with Crippen LogP contribution >= 0.6 is 0 Å². The van der Waals surface area contributed by atoms with Gasteiger partial charge in [-0.05, 0) is 104 Å². The first-order valence-electron chi connectivity index (χ1n) is 22.7. The van der Waals surface area contributed by atoms with Crippen LogP contribution in [0.15, 0.2) is 78.0 Å². The van der Waals surface area contributed by atoms with Crippen LogP contribution < -0.4 is 9.47 Å². The maximum Gasteiger partial charge on any atom is 0.269 e. The molecule has 0 aromatic heterocycles. The summed E-state index contributed by atoms with van der Waals surface area (Å²) in [5.74, 6) is -0.683. The molecule has 0 spiro atoms. The number of non-ortho nitro benzene ring substituents is 1. The summed E-state index contributed by atoms with van der Waals surface area (Å²) in [5.41, 5.74) is 3.30. The van der Waals surface area contributed by atoms with Crippen molar-refractivity contribution in [2.24, 2.45) is 22.9 Å². The van der Waals surface area contributed by atoms with Crippen LogP contribution in [0.4, 0.5) is 5.69 Å². The molecule has 2 aromatic carbocycles. The number of amides is 1. The van der Waals surface area contributed by atoms with Gasteiger partial charge < -0.3 is 38.9 Å². The fraction of sp³-hybridized carbons (Fsp3) is 0.583. The monoisotopic (exact) mass is 856 g/mol. The molecule has 2 aliphatic carbocycles. The summed E-state index contributed by atoms with van der Waals surface area (Å²) in [6, 6.07) is 11.5. The van der Waals surface area contributed by atoms with Crippen LogP contribution in [0.3, 0.4) is 0 Å². The van der Waals surface area contributed by atoms with E-state index in [0.29, 0.717) is 56.0 Å². The highest BCUT2D eigenvalue weighted by atomic mass is 16.8. The van der Waals surface area contributed by atoms with E-state index in [9.17, 15) is 25.1 Å². The van der Waals surface area contributed by atoms with Gasteiger partial charge in [-0.3, -0.25) is 19.8 Å². The lowest BCUT2D eigenvalue weighted by molar-refractivity contribution is -0.384. The number of aliphatic hydroxyl groups excluding tert-OH is 2. The highest BCUT2D eigenvalue weighted by Gasteiger charge is 2.65. The molecule has 5 aliphatic rings. The predicted octanol–water partition coefficient (Wildman–Crippen LogP) is 7.40. The number of fused-ring (bicyclic) bond motifs is 2. The van der Waals surface area contributed by atoms with Gasteiger partial charge in [-0.1, -0.05) is 37.1 Å². The maximum absolute atomic E-state index is 14.7. The van der Waals surface area contributed by atoms with E-state index in [1.165, 1.54) is 18.2 Å². The lowest BCUT2D eigenvalue weighted by Gasteiger charge is -2.60. The van der Waals surface area contributed by atoms with E-state index < -0.39 is 29.0 Å².